The molecule has 1 N–H and O–H groups in total. The SMILES string of the molecule is CC(=O)N(C)[C@@H]1CC[C@@H](C(=O)N2CCC(Cc3ccccc3)CC2)[C@@H]1O. The Labute approximate surface area is 156 Å². The molecule has 0 aromatic heterocycles. The Kier molecular flexibility index (Phi) is 5.97. The number of nitrogens with zero attached hydrogens (tertiary/aromatic N) is 2. The molecule has 0 spiro atoms. The van der Waals surface area contributed by atoms with Crippen molar-refractivity contribution in [1.82, 2.24) is 9.80 Å². The predicted molar refractivity (Wildman–Crippen MR) is 100 cm³/mol. The molecule has 2 aliphatic rings. The lowest BCUT2D eigenvalue weighted by molar-refractivity contribution is -0.142. The molecule has 1 aliphatic carbocycles. The van der Waals surface area contributed by atoms with Crippen molar-refractivity contribution in [2.24, 2.45) is 11.8 Å². The van der Waals surface area contributed by atoms with Crippen LogP contribution in [0.2, 0.25) is 0 Å². The first-order chi connectivity index (χ1) is 12.5. The van der Waals surface area contributed by atoms with Crippen molar-refractivity contribution in [3.8, 4) is 0 Å². The zero-order valence-corrected chi connectivity index (χ0v) is 15.8. The molecule has 0 unspecified atom stereocenters. The first-order valence-electron chi connectivity index (χ1n) is 9.71. The summed E-state index contributed by atoms with van der Waals surface area (Å²) in [6.45, 7) is 3.04. The Morgan fingerprint density at radius 3 is 2.38 bits per heavy atom. The van der Waals surface area contributed by atoms with Gasteiger partial charge in [-0.05, 0) is 43.6 Å². The number of benzene rings is 1. The first-order valence-corrected chi connectivity index (χ1v) is 9.71. The molecule has 0 radical (unpaired) electrons. The average Bonchev–Trinajstić information content (AvgIpc) is 3.03. The van der Waals surface area contributed by atoms with Crippen LogP contribution >= 0.6 is 0 Å². The van der Waals surface area contributed by atoms with Crippen molar-refractivity contribution in [3.63, 3.8) is 0 Å². The minimum absolute atomic E-state index is 0.0649. The van der Waals surface area contributed by atoms with Gasteiger partial charge in [0.05, 0.1) is 18.1 Å². The summed E-state index contributed by atoms with van der Waals surface area (Å²) in [7, 11) is 1.71. The van der Waals surface area contributed by atoms with Crippen molar-refractivity contribution >= 4 is 11.8 Å². The molecule has 1 aromatic rings. The number of hydrogen-bond acceptors (Lipinski definition) is 3. The van der Waals surface area contributed by atoms with E-state index in [1.54, 1.807) is 11.9 Å². The van der Waals surface area contributed by atoms with E-state index in [-0.39, 0.29) is 23.8 Å². The maximum Gasteiger partial charge on any atom is 0.228 e. The monoisotopic (exact) mass is 358 g/mol. The maximum atomic E-state index is 12.9. The van der Waals surface area contributed by atoms with E-state index in [4.69, 9.17) is 0 Å². The Hall–Kier alpha value is -1.88. The molecular formula is C21H30N2O3. The van der Waals surface area contributed by atoms with Crippen LogP contribution in [0.4, 0.5) is 0 Å². The van der Waals surface area contributed by atoms with E-state index in [0.717, 1.165) is 32.4 Å². The van der Waals surface area contributed by atoms with E-state index >= 15 is 0 Å². The molecule has 3 rings (SSSR count). The minimum Gasteiger partial charge on any atom is -0.390 e. The number of likely N-dealkylation sites (tertiary alicyclic amines) is 1. The maximum absolute atomic E-state index is 12.9. The van der Waals surface area contributed by atoms with E-state index in [1.807, 2.05) is 11.0 Å². The van der Waals surface area contributed by atoms with Gasteiger partial charge in [0, 0.05) is 27.1 Å². The van der Waals surface area contributed by atoms with Gasteiger partial charge in [0.1, 0.15) is 0 Å². The quantitative estimate of drug-likeness (QED) is 0.896. The Morgan fingerprint density at radius 2 is 1.77 bits per heavy atom. The van der Waals surface area contributed by atoms with Gasteiger partial charge in [0.2, 0.25) is 11.8 Å². The van der Waals surface area contributed by atoms with E-state index in [1.165, 1.54) is 12.5 Å². The van der Waals surface area contributed by atoms with Crippen molar-refractivity contribution in [2.75, 3.05) is 20.1 Å². The second-order valence-corrected chi connectivity index (χ2v) is 7.83. The molecule has 1 aliphatic heterocycles. The van der Waals surface area contributed by atoms with Crippen LogP contribution in [-0.4, -0.2) is 59.0 Å². The summed E-state index contributed by atoms with van der Waals surface area (Å²) in [5.74, 6) is 0.248. The second kappa shape index (κ2) is 8.21. The molecule has 1 aromatic carbocycles. The first kappa shape index (κ1) is 18.9. The molecule has 1 heterocycles. The summed E-state index contributed by atoms with van der Waals surface area (Å²) in [6.07, 6.45) is 3.70. The average molecular weight is 358 g/mol. The highest BCUT2D eigenvalue weighted by Gasteiger charge is 2.43. The molecule has 5 heteroatoms. The van der Waals surface area contributed by atoms with Gasteiger partial charge < -0.3 is 14.9 Å². The molecule has 142 valence electrons. The fourth-order valence-corrected chi connectivity index (χ4v) is 4.43. The summed E-state index contributed by atoms with van der Waals surface area (Å²) in [6, 6.07) is 10.3. The van der Waals surface area contributed by atoms with Crippen LogP contribution in [0.15, 0.2) is 30.3 Å². The molecule has 1 saturated heterocycles. The Balaban J connectivity index is 1.51. The van der Waals surface area contributed by atoms with Gasteiger partial charge >= 0.3 is 0 Å². The topological polar surface area (TPSA) is 60.9 Å². The predicted octanol–water partition coefficient (Wildman–Crippen LogP) is 2.09. The molecule has 26 heavy (non-hydrogen) atoms. The third-order valence-corrected chi connectivity index (χ3v) is 6.18. The normalized spacial score (nSPS) is 26.7. The largest absolute Gasteiger partial charge is 0.390 e. The van der Waals surface area contributed by atoms with Crippen molar-refractivity contribution in [2.45, 2.75) is 51.2 Å². The standard InChI is InChI=1S/C21H30N2O3/c1-15(24)22(2)19-9-8-18(20(19)25)21(26)23-12-10-17(11-13-23)14-16-6-4-3-5-7-16/h3-7,17-20,25H,8-14H2,1-2H3/t18-,19-,20+/m1/s1. The summed E-state index contributed by atoms with van der Waals surface area (Å²) in [5, 5.41) is 10.6. The van der Waals surface area contributed by atoms with Crippen molar-refractivity contribution in [3.05, 3.63) is 35.9 Å². The van der Waals surface area contributed by atoms with Gasteiger partial charge in [-0.25, -0.2) is 0 Å². The highest BCUT2D eigenvalue weighted by atomic mass is 16.3. The second-order valence-electron chi connectivity index (χ2n) is 7.83. The number of amides is 2. The molecule has 0 bridgehead atoms. The smallest absolute Gasteiger partial charge is 0.228 e. The van der Waals surface area contributed by atoms with E-state index < -0.39 is 6.10 Å². The molecule has 5 nitrogen and oxygen atoms in total. The molecule has 2 fully saturated rings. The van der Waals surface area contributed by atoms with Crippen molar-refractivity contribution < 1.29 is 14.7 Å². The van der Waals surface area contributed by atoms with E-state index in [0.29, 0.717) is 18.8 Å². The number of hydrogen-bond donors (Lipinski definition) is 1. The van der Waals surface area contributed by atoms with Gasteiger partial charge in [-0.1, -0.05) is 30.3 Å². The van der Waals surface area contributed by atoms with Gasteiger partial charge in [0.25, 0.3) is 0 Å². The Morgan fingerprint density at radius 1 is 1.12 bits per heavy atom. The minimum atomic E-state index is -0.751. The Bertz CT molecular complexity index is 625. The number of piperidine rings is 1. The van der Waals surface area contributed by atoms with Gasteiger partial charge in [0.15, 0.2) is 0 Å². The van der Waals surface area contributed by atoms with E-state index in [2.05, 4.69) is 24.3 Å². The van der Waals surface area contributed by atoms with Crippen LogP contribution in [0.25, 0.3) is 0 Å². The fraction of sp³-hybridized carbons (Fsp3) is 0.619. The summed E-state index contributed by atoms with van der Waals surface area (Å²) in [4.78, 5) is 27.9. The molecule has 3 atom stereocenters. The van der Waals surface area contributed by atoms with E-state index in [9.17, 15) is 14.7 Å². The van der Waals surface area contributed by atoms with Crippen LogP contribution < -0.4 is 0 Å². The lowest BCUT2D eigenvalue weighted by atomic mass is 9.89. The van der Waals surface area contributed by atoms with Gasteiger partial charge in [-0.15, -0.1) is 0 Å². The summed E-state index contributed by atoms with van der Waals surface area (Å²) < 4.78 is 0. The third kappa shape index (κ3) is 4.09. The molecule has 1 saturated carbocycles. The van der Waals surface area contributed by atoms with Gasteiger partial charge in [-0.3, -0.25) is 9.59 Å². The van der Waals surface area contributed by atoms with Gasteiger partial charge in [-0.2, -0.15) is 0 Å². The molecular weight excluding hydrogens is 328 g/mol. The lowest BCUT2D eigenvalue weighted by Gasteiger charge is -2.35. The fourth-order valence-electron chi connectivity index (χ4n) is 4.43. The number of carbonyl (C=O) groups excluding carboxylic acids is 2. The van der Waals surface area contributed by atoms with Crippen LogP contribution in [0, 0.1) is 11.8 Å². The number of aliphatic hydroxyl groups excluding tert-OH is 1. The lowest BCUT2D eigenvalue weighted by Crippen LogP contribution is -2.48. The van der Waals surface area contributed by atoms with Crippen LogP contribution in [0.5, 0.6) is 0 Å². The highest BCUT2D eigenvalue weighted by molar-refractivity contribution is 5.80. The summed E-state index contributed by atoms with van der Waals surface area (Å²) in [5.41, 5.74) is 1.36. The number of aliphatic hydroxyl groups is 1. The number of likely N-dealkylation sites (N-methyl/N-ethyl adjacent to an activating group) is 1. The van der Waals surface area contributed by atoms with Crippen LogP contribution in [0.1, 0.15) is 38.2 Å². The van der Waals surface area contributed by atoms with Crippen LogP contribution in [0.3, 0.4) is 0 Å². The van der Waals surface area contributed by atoms with Crippen LogP contribution in [-0.2, 0) is 16.0 Å². The number of carbonyl (C=O) groups is 2. The van der Waals surface area contributed by atoms with Crippen molar-refractivity contribution in [1.29, 1.82) is 0 Å². The zero-order chi connectivity index (χ0) is 18.7. The number of rotatable bonds is 4. The summed E-state index contributed by atoms with van der Waals surface area (Å²) >= 11 is 0. The third-order valence-electron chi connectivity index (χ3n) is 6.18. The molecule has 2 amide bonds. The zero-order valence-electron chi connectivity index (χ0n) is 15.8. The highest BCUT2D eigenvalue weighted by Crippen LogP contribution is 2.32.